The number of rotatable bonds is 3. The highest BCUT2D eigenvalue weighted by Gasteiger charge is 2.36. The largest absolute Gasteiger partial charge is 0.458 e. The average Bonchev–Trinajstić information content (AvgIpc) is 2.96. The summed E-state index contributed by atoms with van der Waals surface area (Å²) in [6.07, 6.45) is 1.29. The summed E-state index contributed by atoms with van der Waals surface area (Å²) < 4.78 is 19.2. The van der Waals surface area contributed by atoms with E-state index in [1.807, 2.05) is 0 Å². The van der Waals surface area contributed by atoms with Crippen LogP contribution in [0.15, 0.2) is 18.2 Å². The minimum atomic E-state index is -0.605. The first-order valence-electron chi connectivity index (χ1n) is 7.89. The number of hydrogen-bond acceptors (Lipinski definition) is 3. The van der Waals surface area contributed by atoms with Crippen molar-refractivity contribution in [2.24, 2.45) is 0 Å². The molecule has 7 heteroatoms. The second-order valence-corrected chi connectivity index (χ2v) is 7.16. The SMILES string of the molecule is CC(C)(C)OC(=O)[C@@H]1CCCN1C(=O)NCc1cccc(Cl)c1F. The van der Waals surface area contributed by atoms with Crippen molar-refractivity contribution in [2.75, 3.05) is 6.54 Å². The first-order chi connectivity index (χ1) is 11.2. The molecule has 0 aliphatic carbocycles. The molecular formula is C17H22ClFN2O3. The quantitative estimate of drug-likeness (QED) is 0.843. The van der Waals surface area contributed by atoms with Gasteiger partial charge in [-0.05, 0) is 39.7 Å². The van der Waals surface area contributed by atoms with Gasteiger partial charge < -0.3 is 15.0 Å². The molecule has 1 heterocycles. The van der Waals surface area contributed by atoms with E-state index in [1.54, 1.807) is 32.9 Å². The molecule has 24 heavy (non-hydrogen) atoms. The van der Waals surface area contributed by atoms with Gasteiger partial charge >= 0.3 is 12.0 Å². The number of nitrogens with one attached hydrogen (secondary N) is 1. The topological polar surface area (TPSA) is 58.6 Å². The van der Waals surface area contributed by atoms with Crippen LogP contribution < -0.4 is 5.32 Å². The van der Waals surface area contributed by atoms with Gasteiger partial charge in [0, 0.05) is 18.7 Å². The van der Waals surface area contributed by atoms with Gasteiger partial charge in [-0.1, -0.05) is 23.7 Å². The number of carbonyl (C=O) groups is 2. The Bertz CT molecular complexity index is 631. The van der Waals surface area contributed by atoms with E-state index in [9.17, 15) is 14.0 Å². The molecule has 2 amide bonds. The Hall–Kier alpha value is -1.82. The number of halogens is 2. The molecule has 1 aromatic rings. The van der Waals surface area contributed by atoms with Crippen LogP contribution in [0, 0.1) is 5.82 Å². The van der Waals surface area contributed by atoms with E-state index in [0.29, 0.717) is 18.5 Å². The highest BCUT2D eigenvalue weighted by molar-refractivity contribution is 6.30. The Morgan fingerprint density at radius 3 is 2.79 bits per heavy atom. The van der Waals surface area contributed by atoms with E-state index in [-0.39, 0.29) is 11.6 Å². The van der Waals surface area contributed by atoms with Gasteiger partial charge in [-0.15, -0.1) is 0 Å². The van der Waals surface area contributed by atoms with E-state index in [4.69, 9.17) is 16.3 Å². The lowest BCUT2D eigenvalue weighted by Gasteiger charge is -2.27. The van der Waals surface area contributed by atoms with Gasteiger partial charge in [-0.3, -0.25) is 0 Å². The molecular weight excluding hydrogens is 335 g/mol. The van der Waals surface area contributed by atoms with Crippen LogP contribution in [0.4, 0.5) is 9.18 Å². The smallest absolute Gasteiger partial charge is 0.329 e. The molecule has 1 aliphatic heterocycles. The minimum absolute atomic E-state index is 0.00274. The number of benzene rings is 1. The zero-order chi connectivity index (χ0) is 17.9. The van der Waals surface area contributed by atoms with Crippen molar-refractivity contribution in [2.45, 2.75) is 51.8 Å². The second-order valence-electron chi connectivity index (χ2n) is 6.76. The molecule has 0 radical (unpaired) electrons. The molecule has 1 fully saturated rings. The van der Waals surface area contributed by atoms with Crippen LogP contribution in [-0.4, -0.2) is 35.1 Å². The lowest BCUT2D eigenvalue weighted by Crippen LogP contribution is -2.47. The van der Waals surface area contributed by atoms with Gasteiger partial charge in [0.05, 0.1) is 5.02 Å². The summed E-state index contributed by atoms with van der Waals surface area (Å²) in [4.78, 5) is 26.0. The third-order valence-electron chi connectivity index (χ3n) is 3.65. The highest BCUT2D eigenvalue weighted by Crippen LogP contribution is 2.22. The maximum atomic E-state index is 13.8. The van der Waals surface area contributed by atoms with Crippen molar-refractivity contribution in [3.63, 3.8) is 0 Å². The zero-order valence-electron chi connectivity index (χ0n) is 14.1. The molecule has 1 atom stereocenters. The van der Waals surface area contributed by atoms with Crippen LogP contribution in [0.5, 0.6) is 0 Å². The fourth-order valence-electron chi connectivity index (χ4n) is 2.58. The molecule has 1 aromatic carbocycles. The molecule has 1 N–H and O–H groups in total. The van der Waals surface area contributed by atoms with Gasteiger partial charge in [-0.25, -0.2) is 14.0 Å². The second kappa shape index (κ2) is 7.38. The van der Waals surface area contributed by atoms with Crippen molar-refractivity contribution in [1.82, 2.24) is 10.2 Å². The van der Waals surface area contributed by atoms with Crippen LogP contribution in [-0.2, 0) is 16.1 Å². The molecule has 0 saturated carbocycles. The zero-order valence-corrected chi connectivity index (χ0v) is 14.8. The van der Waals surface area contributed by atoms with Crippen LogP contribution in [0.2, 0.25) is 5.02 Å². The van der Waals surface area contributed by atoms with Gasteiger partial charge in [0.2, 0.25) is 0 Å². The summed E-state index contributed by atoms with van der Waals surface area (Å²) in [5, 5.41) is 2.65. The van der Waals surface area contributed by atoms with Gasteiger partial charge in [0.1, 0.15) is 17.5 Å². The molecule has 1 aliphatic rings. The lowest BCUT2D eigenvalue weighted by molar-refractivity contribution is -0.159. The predicted octanol–water partition coefficient (Wildman–Crippen LogP) is 3.49. The van der Waals surface area contributed by atoms with Crippen molar-refractivity contribution < 1.29 is 18.7 Å². The number of nitrogens with zero attached hydrogens (tertiary/aromatic N) is 1. The Labute approximate surface area is 146 Å². The van der Waals surface area contributed by atoms with Gasteiger partial charge in [0.15, 0.2) is 0 Å². The number of ether oxygens (including phenoxy) is 1. The Kier molecular flexibility index (Phi) is 5.70. The highest BCUT2D eigenvalue weighted by atomic mass is 35.5. The predicted molar refractivity (Wildman–Crippen MR) is 89.2 cm³/mol. The molecule has 0 bridgehead atoms. The monoisotopic (exact) mass is 356 g/mol. The van der Waals surface area contributed by atoms with E-state index >= 15 is 0 Å². The summed E-state index contributed by atoms with van der Waals surface area (Å²) in [6.45, 7) is 5.82. The van der Waals surface area contributed by atoms with Gasteiger partial charge in [0.25, 0.3) is 0 Å². The molecule has 132 valence electrons. The maximum Gasteiger partial charge on any atom is 0.329 e. The summed E-state index contributed by atoms with van der Waals surface area (Å²) in [5.41, 5.74) is -0.310. The summed E-state index contributed by atoms with van der Waals surface area (Å²) in [7, 11) is 0. The normalized spacial score (nSPS) is 17.7. The van der Waals surface area contributed by atoms with Crippen LogP contribution in [0.1, 0.15) is 39.2 Å². The standard InChI is InChI=1S/C17H22ClFN2O3/c1-17(2,3)24-15(22)13-8-5-9-21(13)16(23)20-10-11-6-4-7-12(18)14(11)19/h4,6-7,13H,5,8-10H2,1-3H3,(H,20,23)/t13-/m0/s1. The van der Waals surface area contributed by atoms with Crippen LogP contribution >= 0.6 is 11.6 Å². The van der Waals surface area contributed by atoms with E-state index in [0.717, 1.165) is 6.42 Å². The molecule has 0 aromatic heterocycles. The number of likely N-dealkylation sites (tertiary alicyclic amines) is 1. The maximum absolute atomic E-state index is 13.8. The summed E-state index contributed by atoms with van der Waals surface area (Å²) in [6, 6.07) is 3.60. The molecule has 1 saturated heterocycles. The summed E-state index contributed by atoms with van der Waals surface area (Å²) in [5.74, 6) is -0.964. The lowest BCUT2D eigenvalue weighted by atomic mass is 10.1. The molecule has 0 spiro atoms. The third-order valence-corrected chi connectivity index (χ3v) is 3.95. The fraction of sp³-hybridized carbons (Fsp3) is 0.529. The Morgan fingerprint density at radius 1 is 1.42 bits per heavy atom. The van der Waals surface area contributed by atoms with E-state index < -0.39 is 29.5 Å². The molecule has 2 rings (SSSR count). The van der Waals surface area contributed by atoms with Crippen LogP contribution in [0.3, 0.4) is 0 Å². The number of urea groups is 1. The van der Waals surface area contributed by atoms with Gasteiger partial charge in [-0.2, -0.15) is 0 Å². The number of carbonyl (C=O) groups excluding carboxylic acids is 2. The van der Waals surface area contributed by atoms with Crippen molar-refractivity contribution in [1.29, 1.82) is 0 Å². The fourth-order valence-corrected chi connectivity index (χ4v) is 2.78. The minimum Gasteiger partial charge on any atom is -0.458 e. The molecule has 5 nitrogen and oxygen atoms in total. The summed E-state index contributed by atoms with van der Waals surface area (Å²) >= 11 is 5.72. The van der Waals surface area contributed by atoms with Crippen molar-refractivity contribution in [3.05, 3.63) is 34.6 Å². The Morgan fingerprint density at radius 2 is 2.12 bits per heavy atom. The molecule has 0 unspecified atom stereocenters. The third kappa shape index (κ3) is 4.60. The van der Waals surface area contributed by atoms with E-state index in [2.05, 4.69) is 5.32 Å². The Balaban J connectivity index is 1.98. The van der Waals surface area contributed by atoms with Crippen molar-refractivity contribution in [3.8, 4) is 0 Å². The number of hydrogen-bond donors (Lipinski definition) is 1. The van der Waals surface area contributed by atoms with Crippen LogP contribution in [0.25, 0.3) is 0 Å². The first kappa shape index (κ1) is 18.5. The number of amides is 2. The van der Waals surface area contributed by atoms with E-state index in [1.165, 1.54) is 11.0 Å². The van der Waals surface area contributed by atoms with Crippen molar-refractivity contribution >= 4 is 23.6 Å². The average molecular weight is 357 g/mol. The number of esters is 1. The first-order valence-corrected chi connectivity index (χ1v) is 8.27.